The van der Waals surface area contributed by atoms with E-state index in [0.717, 1.165) is 55.3 Å². The summed E-state index contributed by atoms with van der Waals surface area (Å²) in [6.07, 6.45) is 5.87. The minimum atomic E-state index is 0.139. The number of fused-ring (bicyclic) bond motifs is 2. The van der Waals surface area contributed by atoms with E-state index in [1.807, 2.05) is 18.3 Å². The summed E-state index contributed by atoms with van der Waals surface area (Å²) in [7, 11) is 0. The van der Waals surface area contributed by atoms with Crippen molar-refractivity contribution in [3.8, 4) is 6.07 Å². The van der Waals surface area contributed by atoms with Gasteiger partial charge in [-0.15, -0.1) is 10.2 Å². The highest BCUT2D eigenvalue weighted by atomic mass is 15.3. The van der Waals surface area contributed by atoms with Crippen LogP contribution < -0.4 is 9.80 Å². The first kappa shape index (κ1) is 16.9. The molecule has 1 N–H and O–H groups in total. The molecule has 142 valence electrons. The third-order valence-electron chi connectivity index (χ3n) is 6.31. The van der Waals surface area contributed by atoms with Gasteiger partial charge in [-0.05, 0) is 37.0 Å². The molecule has 5 heterocycles. The molecular weight excluding hydrogens is 352 g/mol. The molecule has 0 aliphatic carbocycles. The predicted molar refractivity (Wildman–Crippen MR) is 106 cm³/mol. The smallest absolute Gasteiger partial charge is 0.163 e. The number of nitriles is 1. The van der Waals surface area contributed by atoms with Crippen molar-refractivity contribution in [1.29, 1.82) is 5.26 Å². The lowest BCUT2D eigenvalue weighted by atomic mass is 9.68. The van der Waals surface area contributed by atoms with Crippen molar-refractivity contribution >= 4 is 22.7 Å². The average Bonchev–Trinajstić information content (AvgIpc) is 3.21. The van der Waals surface area contributed by atoms with E-state index < -0.39 is 0 Å². The molecule has 3 aromatic heterocycles. The van der Waals surface area contributed by atoms with Crippen molar-refractivity contribution in [3.63, 3.8) is 0 Å². The summed E-state index contributed by atoms with van der Waals surface area (Å²) in [6, 6.07) is 7.74. The second kappa shape index (κ2) is 6.44. The number of nitrogens with one attached hydrogen (secondary N) is 1. The number of rotatable bonds is 2. The number of anilines is 2. The van der Waals surface area contributed by atoms with E-state index in [2.05, 4.69) is 47.9 Å². The molecule has 2 unspecified atom stereocenters. The minimum Gasteiger partial charge on any atom is -0.355 e. The van der Waals surface area contributed by atoms with E-state index in [1.54, 1.807) is 12.4 Å². The maximum atomic E-state index is 8.95. The lowest BCUT2D eigenvalue weighted by Gasteiger charge is -2.52. The number of hydrogen-bond donors (Lipinski definition) is 1. The molecule has 0 bridgehead atoms. The molecule has 2 saturated heterocycles. The number of aromatic nitrogens is 5. The minimum absolute atomic E-state index is 0.139. The lowest BCUT2D eigenvalue weighted by molar-refractivity contribution is 0.125. The largest absolute Gasteiger partial charge is 0.355 e. The highest BCUT2D eigenvalue weighted by Crippen LogP contribution is 2.43. The molecule has 2 fully saturated rings. The molecule has 8 heteroatoms. The van der Waals surface area contributed by atoms with Crippen molar-refractivity contribution in [2.24, 2.45) is 11.3 Å². The van der Waals surface area contributed by atoms with Gasteiger partial charge in [0.2, 0.25) is 0 Å². The highest BCUT2D eigenvalue weighted by Gasteiger charge is 2.44. The van der Waals surface area contributed by atoms with E-state index in [-0.39, 0.29) is 5.41 Å². The zero-order valence-corrected chi connectivity index (χ0v) is 15.8. The van der Waals surface area contributed by atoms with E-state index in [0.29, 0.717) is 11.6 Å². The Bertz CT molecular complexity index is 1040. The van der Waals surface area contributed by atoms with E-state index >= 15 is 0 Å². The summed E-state index contributed by atoms with van der Waals surface area (Å²) in [4.78, 5) is 16.8. The van der Waals surface area contributed by atoms with Crippen LogP contribution in [0, 0.1) is 22.7 Å². The third-order valence-corrected chi connectivity index (χ3v) is 6.31. The van der Waals surface area contributed by atoms with E-state index in [1.165, 1.54) is 6.42 Å². The Morgan fingerprint density at radius 1 is 1.11 bits per heavy atom. The van der Waals surface area contributed by atoms with Crippen LogP contribution in [0.25, 0.3) is 11.0 Å². The van der Waals surface area contributed by atoms with E-state index in [9.17, 15) is 0 Å². The Balaban J connectivity index is 1.40. The molecule has 2 aliphatic heterocycles. The average molecular weight is 374 g/mol. The van der Waals surface area contributed by atoms with Crippen molar-refractivity contribution < 1.29 is 0 Å². The number of H-pyrrole nitrogens is 1. The van der Waals surface area contributed by atoms with Gasteiger partial charge in [-0.2, -0.15) is 5.26 Å². The van der Waals surface area contributed by atoms with Gasteiger partial charge in [-0.3, -0.25) is 0 Å². The third kappa shape index (κ3) is 2.74. The van der Waals surface area contributed by atoms with Gasteiger partial charge in [0.1, 0.15) is 23.9 Å². The van der Waals surface area contributed by atoms with Gasteiger partial charge in [-0.25, -0.2) is 9.97 Å². The van der Waals surface area contributed by atoms with Crippen LogP contribution in [0.1, 0.15) is 25.5 Å². The van der Waals surface area contributed by atoms with Gasteiger partial charge < -0.3 is 14.8 Å². The fraction of sp³-hybridized carbons (Fsp3) is 0.450. The van der Waals surface area contributed by atoms with Gasteiger partial charge in [-0.1, -0.05) is 6.92 Å². The monoisotopic (exact) mass is 374 g/mol. The van der Waals surface area contributed by atoms with Crippen molar-refractivity contribution in [2.75, 3.05) is 36.0 Å². The second-order valence-electron chi connectivity index (χ2n) is 8.10. The molecule has 0 aromatic carbocycles. The molecule has 2 atom stereocenters. The van der Waals surface area contributed by atoms with Crippen LogP contribution in [0.2, 0.25) is 0 Å². The van der Waals surface area contributed by atoms with Gasteiger partial charge in [0, 0.05) is 37.8 Å². The number of hydrogen-bond acceptors (Lipinski definition) is 7. The van der Waals surface area contributed by atoms with Crippen LogP contribution in [0.4, 0.5) is 11.6 Å². The summed E-state index contributed by atoms with van der Waals surface area (Å²) < 4.78 is 0. The van der Waals surface area contributed by atoms with Gasteiger partial charge in [0.25, 0.3) is 0 Å². The Morgan fingerprint density at radius 3 is 2.71 bits per heavy atom. The molecule has 5 rings (SSSR count). The van der Waals surface area contributed by atoms with E-state index in [4.69, 9.17) is 5.26 Å². The quantitative estimate of drug-likeness (QED) is 0.735. The maximum absolute atomic E-state index is 8.95. The number of nitrogens with zero attached hydrogens (tertiary/aromatic N) is 7. The topological polar surface area (TPSA) is 97.6 Å². The Labute approximate surface area is 163 Å². The molecule has 0 spiro atoms. The zero-order valence-electron chi connectivity index (χ0n) is 15.8. The molecule has 0 radical (unpaired) electrons. The fourth-order valence-corrected chi connectivity index (χ4v) is 4.84. The van der Waals surface area contributed by atoms with Crippen LogP contribution in [0.5, 0.6) is 0 Å². The molecule has 3 aromatic rings. The van der Waals surface area contributed by atoms with Crippen molar-refractivity contribution in [2.45, 2.75) is 19.8 Å². The predicted octanol–water partition coefficient (Wildman–Crippen LogP) is 2.36. The van der Waals surface area contributed by atoms with Crippen LogP contribution >= 0.6 is 0 Å². The molecular formula is C20H22N8. The first-order chi connectivity index (χ1) is 13.7. The van der Waals surface area contributed by atoms with Crippen molar-refractivity contribution in [1.82, 2.24) is 25.1 Å². The summed E-state index contributed by atoms with van der Waals surface area (Å²) in [5.74, 6) is 2.56. The summed E-state index contributed by atoms with van der Waals surface area (Å²) >= 11 is 0. The summed E-state index contributed by atoms with van der Waals surface area (Å²) in [5, 5.41) is 18.3. The van der Waals surface area contributed by atoms with Crippen LogP contribution in [0.15, 0.2) is 30.7 Å². The van der Waals surface area contributed by atoms with Gasteiger partial charge in [0.15, 0.2) is 11.5 Å². The molecule has 8 nitrogen and oxygen atoms in total. The summed E-state index contributed by atoms with van der Waals surface area (Å²) in [6.45, 7) is 6.26. The second-order valence-corrected chi connectivity index (χ2v) is 8.10. The molecule has 0 amide bonds. The van der Waals surface area contributed by atoms with Crippen molar-refractivity contribution in [3.05, 3.63) is 36.4 Å². The molecule has 28 heavy (non-hydrogen) atoms. The van der Waals surface area contributed by atoms with Crippen LogP contribution in [-0.2, 0) is 0 Å². The normalized spacial score (nSPS) is 24.8. The number of aromatic amines is 1. The van der Waals surface area contributed by atoms with Gasteiger partial charge >= 0.3 is 0 Å². The van der Waals surface area contributed by atoms with Gasteiger partial charge in [0.05, 0.1) is 5.39 Å². The maximum Gasteiger partial charge on any atom is 0.163 e. The molecule has 0 saturated carbocycles. The Kier molecular flexibility index (Phi) is 3.90. The van der Waals surface area contributed by atoms with Crippen LogP contribution in [-0.4, -0.2) is 51.3 Å². The standard InChI is InChI=1S/C20H22N8/c1-20-11-27(17-3-2-15(10-21)25-26-17)8-5-14(20)6-9-28(12-20)19-16-4-7-22-18(16)23-13-24-19/h2-4,7,13-14H,5-6,8-9,11-12H2,1H3,(H,22,23,24). The van der Waals surface area contributed by atoms with Crippen LogP contribution in [0.3, 0.4) is 0 Å². The highest BCUT2D eigenvalue weighted by molar-refractivity contribution is 5.87. The fourth-order valence-electron chi connectivity index (χ4n) is 4.84. The SMILES string of the molecule is CC12CN(c3ccc(C#N)nn3)CCC1CCN(c1ncnc3[nH]ccc13)C2. The number of piperidine rings is 2. The Morgan fingerprint density at radius 2 is 1.93 bits per heavy atom. The first-order valence-corrected chi connectivity index (χ1v) is 9.68. The first-order valence-electron chi connectivity index (χ1n) is 9.68. The lowest BCUT2D eigenvalue weighted by Crippen LogP contribution is -2.57. The summed E-state index contributed by atoms with van der Waals surface area (Å²) in [5.41, 5.74) is 1.38. The molecule has 2 aliphatic rings. The zero-order chi connectivity index (χ0) is 19.1. The Hall–Kier alpha value is -3.21.